The van der Waals surface area contributed by atoms with E-state index in [4.69, 9.17) is 4.74 Å². The summed E-state index contributed by atoms with van der Waals surface area (Å²) in [5, 5.41) is 17.6. The summed E-state index contributed by atoms with van der Waals surface area (Å²) in [5.41, 5.74) is 1.07. The van der Waals surface area contributed by atoms with Gasteiger partial charge in [-0.15, -0.1) is 0 Å². The van der Waals surface area contributed by atoms with Gasteiger partial charge in [0, 0.05) is 64.2 Å². The second-order valence-electron chi connectivity index (χ2n) is 16.9. The molecule has 2 aromatic heterocycles. The van der Waals surface area contributed by atoms with Gasteiger partial charge in [-0.3, -0.25) is 38.7 Å². The predicted octanol–water partition coefficient (Wildman–Crippen LogP) is 5.89. The first kappa shape index (κ1) is 41.4. The molecule has 19 heteroatoms. The number of benzene rings is 3. The lowest BCUT2D eigenvalue weighted by Gasteiger charge is -2.35. The smallest absolute Gasteiger partial charge is 0.329 e. The number of amides is 3. The molecule has 3 atom stereocenters. The Kier molecular flexibility index (Phi) is 10.7. The average molecular weight is 869 g/mol. The van der Waals surface area contributed by atoms with Gasteiger partial charge >= 0.3 is 16.2 Å². The molecule has 2 unspecified atom stereocenters. The van der Waals surface area contributed by atoms with Crippen molar-refractivity contribution in [2.45, 2.75) is 69.9 Å². The Balaban J connectivity index is 0.846. The molecule has 2 saturated heterocycles. The first-order chi connectivity index (χ1) is 29.7. The number of ether oxygens (including phenoxy) is 1. The lowest BCUT2D eigenvalue weighted by Crippen LogP contribution is -2.49. The number of urea groups is 1. The van der Waals surface area contributed by atoms with E-state index in [1.165, 1.54) is 30.1 Å². The number of fused-ring (bicyclic) bond motifs is 3. The molecule has 2 saturated carbocycles. The largest absolute Gasteiger partial charge is 0.453 e. The molecule has 2 aliphatic carbocycles. The number of hydrogen-bond donors (Lipinski definition) is 2. The SMILES string of the molecule is CCN(C)S(=O)(=O)Nc1ccc(F)c(Oc2ccc3ncn(C4CC5CN(C6CCC(c7cc8c(cc7F)c(N7CCC(=O)NC7=O)nn8C)CC6)C[C@H]5C4)c(=O)c3c2)c1C#N. The third kappa shape index (κ3) is 7.43. The summed E-state index contributed by atoms with van der Waals surface area (Å²) in [6, 6.07) is 11.7. The van der Waals surface area contributed by atoms with Crippen LogP contribution in [0.4, 0.5) is 25.1 Å². The van der Waals surface area contributed by atoms with E-state index in [0.717, 1.165) is 73.6 Å². The highest BCUT2D eigenvalue weighted by atomic mass is 32.2. The summed E-state index contributed by atoms with van der Waals surface area (Å²) < 4.78 is 68.8. The van der Waals surface area contributed by atoms with Crippen LogP contribution in [0.25, 0.3) is 21.8 Å². The van der Waals surface area contributed by atoms with Gasteiger partial charge in [0.15, 0.2) is 17.4 Å². The fourth-order valence-electron chi connectivity index (χ4n) is 9.93. The molecule has 3 amide bonds. The highest BCUT2D eigenvalue weighted by Gasteiger charge is 2.44. The minimum Gasteiger partial charge on any atom is -0.453 e. The Morgan fingerprint density at radius 2 is 1.73 bits per heavy atom. The van der Waals surface area contributed by atoms with Gasteiger partial charge in [-0.05, 0) is 104 Å². The van der Waals surface area contributed by atoms with Crippen LogP contribution in [0.3, 0.4) is 0 Å². The molecule has 2 N–H and O–H groups in total. The molecule has 9 rings (SSSR count). The van der Waals surface area contributed by atoms with Crippen molar-refractivity contribution in [1.29, 1.82) is 5.26 Å². The molecule has 0 bridgehead atoms. The Morgan fingerprint density at radius 3 is 2.42 bits per heavy atom. The van der Waals surface area contributed by atoms with E-state index in [1.54, 1.807) is 35.6 Å². The molecule has 5 aromatic rings. The number of imide groups is 1. The van der Waals surface area contributed by atoms with E-state index in [1.807, 2.05) is 12.1 Å². The van der Waals surface area contributed by atoms with Crippen LogP contribution < -0.4 is 25.2 Å². The van der Waals surface area contributed by atoms with Crippen LogP contribution in [-0.2, 0) is 22.1 Å². The quantitative estimate of drug-likeness (QED) is 0.171. The van der Waals surface area contributed by atoms with Crippen molar-refractivity contribution in [3.8, 4) is 17.6 Å². The zero-order valence-electron chi connectivity index (χ0n) is 34.5. The van der Waals surface area contributed by atoms with Crippen LogP contribution in [0.1, 0.15) is 75.0 Å². The normalized spacial score (nSPS) is 23.2. The van der Waals surface area contributed by atoms with Gasteiger partial charge < -0.3 is 4.74 Å². The number of aryl methyl sites for hydroxylation is 1. The van der Waals surface area contributed by atoms with Crippen molar-refractivity contribution in [2.75, 3.05) is 42.8 Å². The summed E-state index contributed by atoms with van der Waals surface area (Å²) >= 11 is 0. The van der Waals surface area contributed by atoms with E-state index >= 15 is 8.78 Å². The molecule has 324 valence electrons. The lowest BCUT2D eigenvalue weighted by molar-refractivity contribution is -0.120. The number of nitriles is 1. The number of hydrogen-bond acceptors (Lipinski definition) is 10. The number of likely N-dealkylation sites (tertiary alicyclic amines) is 1. The maximum atomic E-state index is 15.8. The maximum absolute atomic E-state index is 15.8. The number of carbonyl (C=O) groups is 2. The summed E-state index contributed by atoms with van der Waals surface area (Å²) in [7, 11) is -0.875. The van der Waals surface area contributed by atoms with Gasteiger partial charge in [-0.1, -0.05) is 6.92 Å². The van der Waals surface area contributed by atoms with Crippen LogP contribution in [-0.4, -0.2) is 88.2 Å². The van der Waals surface area contributed by atoms with Crippen LogP contribution >= 0.6 is 0 Å². The van der Waals surface area contributed by atoms with Gasteiger partial charge in [0.2, 0.25) is 5.91 Å². The fraction of sp³-hybridized carbons (Fsp3) is 0.442. The molecule has 3 aromatic carbocycles. The van der Waals surface area contributed by atoms with E-state index in [9.17, 15) is 28.1 Å². The molecule has 62 heavy (non-hydrogen) atoms. The van der Waals surface area contributed by atoms with E-state index in [0.29, 0.717) is 40.2 Å². The van der Waals surface area contributed by atoms with Crippen molar-refractivity contribution in [3.05, 3.63) is 81.9 Å². The lowest BCUT2D eigenvalue weighted by atomic mass is 9.80. The molecule has 16 nitrogen and oxygen atoms in total. The number of nitrogens with zero attached hydrogens (tertiary/aromatic N) is 8. The standard InChI is InChI=1S/C43H46F2N10O6S/c1-4-51(2)62(59,60)50-37-12-10-34(44)40(33(37)20-46)61-29-9-11-36-31(17-29)42(57)55(23-47-36)28-15-25-21-53(22-26(25)16-28)27-7-5-24(6-8-27)30-19-38-32(18-35(30)45)41(49-52(38)3)54-14-13-39(56)48-43(54)58/h9-12,17-19,23-28,50H,4-8,13-16,21-22H2,1-3H3,(H,48,56,58)/t24?,25-,26?,27?,28?/m1/s1. The molecule has 4 aliphatic rings. The third-order valence-electron chi connectivity index (χ3n) is 13.3. The Morgan fingerprint density at radius 1 is 0.984 bits per heavy atom. The number of halogens is 2. The Bertz CT molecular complexity index is 2840. The molecule has 0 radical (unpaired) electrons. The molecule has 0 spiro atoms. The topological polar surface area (TPSA) is 188 Å². The highest BCUT2D eigenvalue weighted by molar-refractivity contribution is 7.90. The fourth-order valence-corrected chi connectivity index (χ4v) is 10.9. The van der Waals surface area contributed by atoms with E-state index < -0.39 is 27.8 Å². The minimum absolute atomic E-state index is 0.0531. The predicted molar refractivity (Wildman–Crippen MR) is 226 cm³/mol. The molecule has 2 aliphatic heterocycles. The first-order valence-corrected chi connectivity index (χ1v) is 22.3. The molecule has 4 fully saturated rings. The summed E-state index contributed by atoms with van der Waals surface area (Å²) in [6.45, 7) is 3.85. The monoisotopic (exact) mass is 868 g/mol. The van der Waals surface area contributed by atoms with Crippen LogP contribution in [0.2, 0.25) is 0 Å². The van der Waals surface area contributed by atoms with E-state index in [-0.39, 0.29) is 71.1 Å². The van der Waals surface area contributed by atoms with Crippen LogP contribution in [0.5, 0.6) is 11.5 Å². The molecular weight excluding hydrogens is 823 g/mol. The van der Waals surface area contributed by atoms with Crippen molar-refractivity contribution >= 4 is 55.5 Å². The first-order valence-electron chi connectivity index (χ1n) is 20.9. The van der Waals surface area contributed by atoms with Crippen molar-refractivity contribution < 1.29 is 31.5 Å². The van der Waals surface area contributed by atoms with Gasteiger partial charge in [0.25, 0.3) is 5.56 Å². The maximum Gasteiger partial charge on any atom is 0.329 e. The Labute approximate surface area is 356 Å². The van der Waals surface area contributed by atoms with Crippen molar-refractivity contribution in [1.82, 2.24) is 33.9 Å². The highest BCUT2D eigenvalue weighted by Crippen LogP contribution is 2.47. The second kappa shape index (κ2) is 16.1. The number of aromatic nitrogens is 4. The average Bonchev–Trinajstić information content (AvgIpc) is 3.93. The zero-order chi connectivity index (χ0) is 43.6. The number of anilines is 2. The van der Waals surface area contributed by atoms with Crippen LogP contribution in [0, 0.1) is 34.8 Å². The van der Waals surface area contributed by atoms with Gasteiger partial charge in [0.05, 0.1) is 28.4 Å². The number of carbonyl (C=O) groups excluding carboxylic acids is 2. The molecule has 4 heterocycles. The van der Waals surface area contributed by atoms with Crippen molar-refractivity contribution in [3.63, 3.8) is 0 Å². The van der Waals surface area contributed by atoms with Crippen molar-refractivity contribution in [2.24, 2.45) is 18.9 Å². The number of nitrogens with one attached hydrogen (secondary N) is 2. The van der Waals surface area contributed by atoms with Gasteiger partial charge in [0.1, 0.15) is 23.2 Å². The van der Waals surface area contributed by atoms with E-state index in [2.05, 4.69) is 25.0 Å². The number of rotatable bonds is 10. The van der Waals surface area contributed by atoms with Gasteiger partial charge in [-0.25, -0.2) is 18.6 Å². The summed E-state index contributed by atoms with van der Waals surface area (Å²) in [4.78, 5) is 46.7. The minimum atomic E-state index is -4.01. The summed E-state index contributed by atoms with van der Waals surface area (Å²) in [5.74, 6) is -0.727. The van der Waals surface area contributed by atoms with Gasteiger partial charge in [-0.2, -0.15) is 23.1 Å². The summed E-state index contributed by atoms with van der Waals surface area (Å²) in [6.07, 6.45) is 6.95. The Hall–Kier alpha value is -5.97. The third-order valence-corrected chi connectivity index (χ3v) is 14.9. The zero-order valence-corrected chi connectivity index (χ0v) is 35.3. The second-order valence-corrected chi connectivity index (χ2v) is 18.6. The molecular formula is C43H46F2N10O6S. The van der Waals surface area contributed by atoms with Crippen LogP contribution in [0.15, 0.2) is 53.6 Å².